The van der Waals surface area contributed by atoms with Crippen LogP contribution >= 0.6 is 15.9 Å². The number of hydrogen-bond donors (Lipinski definition) is 3. The number of phenols is 1. The van der Waals surface area contributed by atoms with Gasteiger partial charge in [-0.25, -0.2) is 0 Å². The van der Waals surface area contributed by atoms with Crippen LogP contribution in [-0.4, -0.2) is 36.8 Å². The van der Waals surface area contributed by atoms with Crippen LogP contribution in [0.3, 0.4) is 0 Å². The van der Waals surface area contributed by atoms with E-state index in [1.54, 1.807) is 18.2 Å². The molecule has 3 N–H and O–H groups in total. The highest BCUT2D eigenvalue weighted by Crippen LogP contribution is 2.31. The van der Waals surface area contributed by atoms with Crippen molar-refractivity contribution >= 4 is 27.5 Å². The fourth-order valence-electron chi connectivity index (χ4n) is 1.79. The maximum atomic E-state index is 11.8. The molecule has 1 unspecified atom stereocenters. The molecule has 2 rings (SSSR count). The average molecular weight is 315 g/mol. The maximum absolute atomic E-state index is 11.8. The first-order valence-corrected chi connectivity index (χ1v) is 6.54. The molecule has 1 heterocycles. The number of para-hydroxylation sites is 1. The van der Waals surface area contributed by atoms with Crippen molar-refractivity contribution in [3.8, 4) is 5.75 Å². The standard InChI is InChI=1S/C12H15BrN2O3/c13-9-2-1-3-10(12(9)17)15-11(16)6-8-7-18-5-4-14-8/h1-3,8,14,17H,4-7H2,(H,15,16). The molecular weight excluding hydrogens is 300 g/mol. The first kappa shape index (κ1) is 13.3. The lowest BCUT2D eigenvalue weighted by atomic mass is 10.2. The minimum atomic E-state index is -0.147. The Morgan fingerprint density at radius 2 is 2.44 bits per heavy atom. The number of ether oxygens (including phenoxy) is 1. The Morgan fingerprint density at radius 3 is 3.17 bits per heavy atom. The van der Waals surface area contributed by atoms with Gasteiger partial charge in [0, 0.05) is 19.0 Å². The average Bonchev–Trinajstić information content (AvgIpc) is 2.36. The molecule has 0 saturated carbocycles. The number of benzene rings is 1. The third-order valence-corrected chi connectivity index (χ3v) is 3.33. The van der Waals surface area contributed by atoms with E-state index in [4.69, 9.17) is 4.74 Å². The van der Waals surface area contributed by atoms with Crippen LogP contribution in [-0.2, 0) is 9.53 Å². The number of anilines is 1. The summed E-state index contributed by atoms with van der Waals surface area (Å²) in [5.41, 5.74) is 0.408. The summed E-state index contributed by atoms with van der Waals surface area (Å²) in [5.74, 6) is -0.106. The molecule has 0 spiro atoms. The molecule has 0 radical (unpaired) electrons. The molecule has 1 atom stereocenters. The zero-order valence-corrected chi connectivity index (χ0v) is 11.4. The fourth-order valence-corrected chi connectivity index (χ4v) is 2.16. The van der Waals surface area contributed by atoms with Crippen LogP contribution < -0.4 is 10.6 Å². The van der Waals surface area contributed by atoms with E-state index in [1.165, 1.54) is 0 Å². The van der Waals surface area contributed by atoms with Gasteiger partial charge >= 0.3 is 0 Å². The third kappa shape index (κ3) is 3.44. The first-order valence-electron chi connectivity index (χ1n) is 5.75. The number of rotatable bonds is 3. The highest BCUT2D eigenvalue weighted by Gasteiger charge is 2.17. The van der Waals surface area contributed by atoms with Crippen molar-refractivity contribution in [3.05, 3.63) is 22.7 Å². The smallest absolute Gasteiger partial charge is 0.226 e. The number of morpholine rings is 1. The minimum absolute atomic E-state index is 0.0352. The highest BCUT2D eigenvalue weighted by atomic mass is 79.9. The van der Waals surface area contributed by atoms with Gasteiger partial charge in [0.05, 0.1) is 23.4 Å². The van der Waals surface area contributed by atoms with E-state index >= 15 is 0 Å². The van der Waals surface area contributed by atoms with Crippen LogP contribution in [0.25, 0.3) is 0 Å². The number of amides is 1. The van der Waals surface area contributed by atoms with Crippen LogP contribution in [0, 0.1) is 0 Å². The van der Waals surface area contributed by atoms with E-state index in [0.29, 0.717) is 29.8 Å². The van der Waals surface area contributed by atoms with Crippen molar-refractivity contribution in [1.82, 2.24) is 5.32 Å². The number of carbonyl (C=O) groups excluding carboxylic acids is 1. The van der Waals surface area contributed by atoms with Gasteiger partial charge in [0.1, 0.15) is 0 Å². The highest BCUT2D eigenvalue weighted by molar-refractivity contribution is 9.10. The van der Waals surface area contributed by atoms with Gasteiger partial charge in [-0.2, -0.15) is 0 Å². The molecule has 1 saturated heterocycles. The summed E-state index contributed by atoms with van der Waals surface area (Å²) in [5, 5.41) is 15.6. The number of hydrogen-bond acceptors (Lipinski definition) is 4. The molecule has 6 heteroatoms. The van der Waals surface area contributed by atoms with Gasteiger partial charge in [0.25, 0.3) is 0 Å². The molecule has 1 aromatic rings. The van der Waals surface area contributed by atoms with Crippen molar-refractivity contribution < 1.29 is 14.6 Å². The van der Waals surface area contributed by atoms with E-state index < -0.39 is 0 Å². The maximum Gasteiger partial charge on any atom is 0.226 e. The summed E-state index contributed by atoms with van der Waals surface area (Å²) in [6, 6.07) is 5.15. The zero-order valence-electron chi connectivity index (χ0n) is 9.78. The molecular formula is C12H15BrN2O3. The number of carbonyl (C=O) groups is 1. The van der Waals surface area contributed by atoms with Crippen LogP contribution in [0.4, 0.5) is 5.69 Å². The minimum Gasteiger partial charge on any atom is -0.505 e. The summed E-state index contributed by atoms with van der Waals surface area (Å²) in [6.07, 6.45) is 0.325. The molecule has 18 heavy (non-hydrogen) atoms. The van der Waals surface area contributed by atoms with Gasteiger partial charge in [-0.05, 0) is 28.1 Å². The number of aromatic hydroxyl groups is 1. The summed E-state index contributed by atoms with van der Waals surface area (Å²) < 4.78 is 5.83. The molecule has 5 nitrogen and oxygen atoms in total. The quantitative estimate of drug-likeness (QED) is 0.739. The van der Waals surface area contributed by atoms with Crippen molar-refractivity contribution in [3.63, 3.8) is 0 Å². The second kappa shape index (κ2) is 6.17. The van der Waals surface area contributed by atoms with E-state index in [-0.39, 0.29) is 17.7 Å². The summed E-state index contributed by atoms with van der Waals surface area (Å²) in [7, 11) is 0. The van der Waals surface area contributed by atoms with Gasteiger partial charge in [-0.15, -0.1) is 0 Å². The number of halogens is 1. The Hall–Kier alpha value is -1.11. The van der Waals surface area contributed by atoms with Crippen LogP contribution in [0.2, 0.25) is 0 Å². The Morgan fingerprint density at radius 1 is 1.61 bits per heavy atom. The molecule has 0 aliphatic carbocycles. The topological polar surface area (TPSA) is 70.6 Å². The van der Waals surface area contributed by atoms with Gasteiger partial charge < -0.3 is 20.5 Å². The predicted molar refractivity (Wildman–Crippen MR) is 71.7 cm³/mol. The lowest BCUT2D eigenvalue weighted by Gasteiger charge is -2.23. The summed E-state index contributed by atoms with van der Waals surface area (Å²) in [6.45, 7) is 1.99. The summed E-state index contributed by atoms with van der Waals surface area (Å²) >= 11 is 3.20. The molecule has 1 aromatic carbocycles. The molecule has 0 aromatic heterocycles. The van der Waals surface area contributed by atoms with Crippen molar-refractivity contribution in [2.75, 3.05) is 25.1 Å². The largest absolute Gasteiger partial charge is 0.505 e. The predicted octanol–water partition coefficient (Wildman–Crippen LogP) is 1.47. The van der Waals surface area contributed by atoms with Crippen molar-refractivity contribution in [2.45, 2.75) is 12.5 Å². The Labute approximate surface area is 114 Å². The van der Waals surface area contributed by atoms with E-state index in [9.17, 15) is 9.90 Å². The monoisotopic (exact) mass is 314 g/mol. The molecule has 0 bridgehead atoms. The van der Waals surface area contributed by atoms with Crippen LogP contribution in [0.5, 0.6) is 5.75 Å². The van der Waals surface area contributed by atoms with Gasteiger partial charge in [-0.1, -0.05) is 6.07 Å². The SMILES string of the molecule is O=C(CC1COCCN1)Nc1cccc(Br)c1O. The summed E-state index contributed by atoms with van der Waals surface area (Å²) in [4.78, 5) is 11.8. The second-order valence-electron chi connectivity index (χ2n) is 4.11. The Kier molecular flexibility index (Phi) is 4.57. The Balaban J connectivity index is 1.92. The number of phenolic OH excluding ortho intramolecular Hbond substituents is 1. The zero-order chi connectivity index (χ0) is 13.0. The van der Waals surface area contributed by atoms with E-state index in [2.05, 4.69) is 26.6 Å². The van der Waals surface area contributed by atoms with E-state index in [1.807, 2.05) is 0 Å². The van der Waals surface area contributed by atoms with E-state index in [0.717, 1.165) is 6.54 Å². The van der Waals surface area contributed by atoms with Gasteiger partial charge in [-0.3, -0.25) is 4.79 Å². The number of nitrogens with one attached hydrogen (secondary N) is 2. The van der Waals surface area contributed by atoms with Crippen molar-refractivity contribution in [1.29, 1.82) is 0 Å². The third-order valence-electron chi connectivity index (χ3n) is 2.69. The van der Waals surface area contributed by atoms with Crippen LogP contribution in [0.1, 0.15) is 6.42 Å². The lowest BCUT2D eigenvalue weighted by Crippen LogP contribution is -2.43. The van der Waals surface area contributed by atoms with Gasteiger partial charge in [0.15, 0.2) is 5.75 Å². The van der Waals surface area contributed by atoms with Crippen molar-refractivity contribution in [2.24, 2.45) is 0 Å². The molecule has 1 aliphatic rings. The molecule has 1 amide bonds. The van der Waals surface area contributed by atoms with Gasteiger partial charge in [0.2, 0.25) is 5.91 Å². The molecule has 1 fully saturated rings. The lowest BCUT2D eigenvalue weighted by molar-refractivity contribution is -0.117. The van der Waals surface area contributed by atoms with Crippen LogP contribution in [0.15, 0.2) is 22.7 Å². The normalized spacial score (nSPS) is 19.5. The molecule has 98 valence electrons. The Bertz CT molecular complexity index is 433. The first-order chi connectivity index (χ1) is 8.66. The second-order valence-corrected chi connectivity index (χ2v) is 4.97. The fraction of sp³-hybridized carbons (Fsp3) is 0.417. The molecule has 1 aliphatic heterocycles.